The summed E-state index contributed by atoms with van der Waals surface area (Å²) in [4.78, 5) is 52.4. The fraction of sp³-hybridized carbons (Fsp3) is 0.467. The third-order valence-corrected chi connectivity index (χ3v) is 6.39. The van der Waals surface area contributed by atoms with E-state index >= 15 is 0 Å². The van der Waals surface area contributed by atoms with Gasteiger partial charge >= 0.3 is 12.1 Å². The number of rotatable bonds is 9. The molecule has 0 aliphatic carbocycles. The molecule has 10 heteroatoms. The van der Waals surface area contributed by atoms with Crippen LogP contribution >= 0.6 is 0 Å². The Labute approximate surface area is 235 Å². The zero-order valence-corrected chi connectivity index (χ0v) is 23.9. The lowest BCUT2D eigenvalue weighted by Gasteiger charge is -2.36. The fourth-order valence-electron chi connectivity index (χ4n) is 4.25. The van der Waals surface area contributed by atoms with Gasteiger partial charge in [0.15, 0.2) is 0 Å². The smallest absolute Gasteiger partial charge is 0.408 e. The van der Waals surface area contributed by atoms with E-state index in [0.29, 0.717) is 50.5 Å². The summed E-state index contributed by atoms with van der Waals surface area (Å²) in [7, 11) is 1.37. The Morgan fingerprint density at radius 2 is 1.38 bits per heavy atom. The van der Waals surface area contributed by atoms with Crippen molar-refractivity contribution in [3.05, 3.63) is 59.7 Å². The molecule has 1 saturated heterocycles. The number of amides is 3. The average Bonchev–Trinajstić information content (AvgIpc) is 2.91. The quantitative estimate of drug-likeness (QED) is 0.471. The molecule has 0 aromatic heterocycles. The van der Waals surface area contributed by atoms with Gasteiger partial charge in [-0.05, 0) is 62.6 Å². The molecule has 10 nitrogen and oxygen atoms in total. The Morgan fingerprint density at radius 3 is 1.88 bits per heavy atom. The number of nitrogens with zero attached hydrogens (tertiary/aromatic N) is 2. The summed E-state index contributed by atoms with van der Waals surface area (Å²) in [5.74, 6) is 0.781. The topological polar surface area (TPSA) is 114 Å². The Kier molecular flexibility index (Phi) is 10.5. The number of alkyl carbamates (subject to hydrolysis) is 1. The second-order valence-electron chi connectivity index (χ2n) is 10.7. The number of ether oxygens (including phenoxy) is 3. The summed E-state index contributed by atoms with van der Waals surface area (Å²) in [6.07, 6.45) is 0.507. The van der Waals surface area contributed by atoms with Crippen LogP contribution in [0.3, 0.4) is 0 Å². The maximum absolute atomic E-state index is 13.4. The molecule has 1 aliphatic rings. The van der Waals surface area contributed by atoms with Gasteiger partial charge < -0.3 is 29.3 Å². The molecule has 0 radical (unpaired) electrons. The van der Waals surface area contributed by atoms with Crippen LogP contribution in [-0.4, -0.2) is 78.6 Å². The normalized spacial score (nSPS) is 14.2. The minimum Gasteiger partial charge on any atom is -0.469 e. The zero-order valence-electron chi connectivity index (χ0n) is 23.9. The van der Waals surface area contributed by atoms with Crippen LogP contribution in [0.4, 0.5) is 4.79 Å². The van der Waals surface area contributed by atoms with E-state index in [1.807, 2.05) is 36.4 Å². The van der Waals surface area contributed by atoms with Gasteiger partial charge in [0.05, 0.1) is 7.11 Å². The summed E-state index contributed by atoms with van der Waals surface area (Å²) in [5, 5.41) is 2.74. The number of piperazine rings is 1. The van der Waals surface area contributed by atoms with Crippen LogP contribution in [0, 0.1) is 0 Å². The lowest BCUT2D eigenvalue weighted by atomic mass is 10.0. The molecule has 3 rings (SSSR count). The largest absolute Gasteiger partial charge is 0.469 e. The van der Waals surface area contributed by atoms with E-state index in [0.717, 1.165) is 11.1 Å². The summed E-state index contributed by atoms with van der Waals surface area (Å²) in [6, 6.07) is 14.0. The highest BCUT2D eigenvalue weighted by atomic mass is 16.6. The zero-order chi connectivity index (χ0) is 29.3. The highest BCUT2D eigenvalue weighted by Gasteiger charge is 2.30. The highest BCUT2D eigenvalue weighted by molar-refractivity contribution is 5.86. The maximum Gasteiger partial charge on any atom is 0.408 e. The molecule has 2 aromatic carbocycles. The maximum atomic E-state index is 13.4. The Bertz CT molecular complexity index is 1170. The molecule has 2 aromatic rings. The molecule has 1 unspecified atom stereocenters. The number of esters is 1. The number of methoxy groups -OCH3 is 1. The average molecular weight is 554 g/mol. The van der Waals surface area contributed by atoms with Gasteiger partial charge in [-0.15, -0.1) is 0 Å². The van der Waals surface area contributed by atoms with E-state index < -0.39 is 17.7 Å². The SMILES string of the molecule is COC(=O)CCc1ccc(Oc2ccc(CC(NC(=O)OC(C)(C)C)C(=O)N3CCN(C(C)=O)CC3)cc2)cc1. The van der Waals surface area contributed by atoms with Crippen molar-refractivity contribution in [2.75, 3.05) is 33.3 Å². The van der Waals surface area contributed by atoms with Gasteiger partial charge in [-0.1, -0.05) is 24.3 Å². The number of nitrogens with one attached hydrogen (secondary N) is 1. The molecular formula is C30H39N3O7. The number of benzene rings is 2. The molecule has 1 heterocycles. The van der Waals surface area contributed by atoms with E-state index in [2.05, 4.69) is 10.1 Å². The number of hydrogen-bond acceptors (Lipinski definition) is 7. The predicted molar refractivity (Wildman–Crippen MR) is 149 cm³/mol. The standard InChI is InChI=1S/C30H39N3O7/c1-21(34)32-16-18-33(19-17-32)28(36)26(31-29(37)40-30(2,3)4)20-23-8-13-25(14-9-23)39-24-11-6-22(7-12-24)10-15-27(35)38-5/h6-9,11-14,26H,10,15-20H2,1-5H3,(H,31,37). The molecule has 1 atom stereocenters. The summed E-state index contributed by atoms with van der Waals surface area (Å²) in [5.41, 5.74) is 1.13. The number of aryl methyl sites for hydroxylation is 1. The van der Waals surface area contributed by atoms with Crippen LogP contribution in [0.5, 0.6) is 11.5 Å². The van der Waals surface area contributed by atoms with Crippen LogP contribution in [0.15, 0.2) is 48.5 Å². The second-order valence-corrected chi connectivity index (χ2v) is 10.7. The summed E-state index contributed by atoms with van der Waals surface area (Å²) in [6.45, 7) is 8.52. The van der Waals surface area contributed by atoms with Gasteiger partial charge in [0, 0.05) is 45.9 Å². The second kappa shape index (κ2) is 13.8. The van der Waals surface area contributed by atoms with Crippen LogP contribution < -0.4 is 10.1 Å². The lowest BCUT2D eigenvalue weighted by molar-refractivity contribution is -0.140. The highest BCUT2D eigenvalue weighted by Crippen LogP contribution is 2.23. The first kappa shape index (κ1) is 30.5. The lowest BCUT2D eigenvalue weighted by Crippen LogP contribution is -2.56. The Balaban J connectivity index is 1.64. The minimum atomic E-state index is -0.831. The van der Waals surface area contributed by atoms with Crippen molar-refractivity contribution < 1.29 is 33.4 Å². The molecule has 3 amide bonds. The van der Waals surface area contributed by atoms with Crippen molar-refractivity contribution in [3.63, 3.8) is 0 Å². The Morgan fingerprint density at radius 1 is 0.850 bits per heavy atom. The van der Waals surface area contributed by atoms with E-state index in [1.54, 1.807) is 42.7 Å². The van der Waals surface area contributed by atoms with Crippen LogP contribution in [0.25, 0.3) is 0 Å². The van der Waals surface area contributed by atoms with E-state index in [-0.39, 0.29) is 24.2 Å². The summed E-state index contributed by atoms with van der Waals surface area (Å²) >= 11 is 0. The first-order valence-corrected chi connectivity index (χ1v) is 13.4. The van der Waals surface area contributed by atoms with Crippen LogP contribution in [0.1, 0.15) is 45.2 Å². The van der Waals surface area contributed by atoms with Crippen LogP contribution in [-0.2, 0) is 36.7 Å². The van der Waals surface area contributed by atoms with Crippen molar-refractivity contribution in [1.29, 1.82) is 0 Å². The number of hydrogen-bond donors (Lipinski definition) is 1. The van der Waals surface area contributed by atoms with Crippen molar-refractivity contribution in [1.82, 2.24) is 15.1 Å². The van der Waals surface area contributed by atoms with Crippen molar-refractivity contribution in [2.45, 2.75) is 58.6 Å². The molecule has 0 saturated carbocycles. The van der Waals surface area contributed by atoms with Gasteiger partial charge in [-0.3, -0.25) is 14.4 Å². The predicted octanol–water partition coefficient (Wildman–Crippen LogP) is 3.71. The van der Waals surface area contributed by atoms with E-state index in [9.17, 15) is 19.2 Å². The third kappa shape index (κ3) is 9.59. The first-order valence-electron chi connectivity index (χ1n) is 13.4. The number of carbonyl (C=O) groups is 4. The minimum absolute atomic E-state index is 0.0210. The van der Waals surface area contributed by atoms with Crippen LogP contribution in [0.2, 0.25) is 0 Å². The molecule has 40 heavy (non-hydrogen) atoms. The van der Waals surface area contributed by atoms with Crippen molar-refractivity contribution in [3.8, 4) is 11.5 Å². The fourth-order valence-corrected chi connectivity index (χ4v) is 4.25. The van der Waals surface area contributed by atoms with Gasteiger partial charge in [0.25, 0.3) is 0 Å². The molecule has 216 valence electrons. The van der Waals surface area contributed by atoms with Gasteiger partial charge in [-0.2, -0.15) is 0 Å². The molecule has 0 bridgehead atoms. The summed E-state index contributed by atoms with van der Waals surface area (Å²) < 4.78 is 16.0. The monoisotopic (exact) mass is 553 g/mol. The van der Waals surface area contributed by atoms with E-state index in [1.165, 1.54) is 14.0 Å². The molecule has 1 N–H and O–H groups in total. The Hall–Kier alpha value is -4.08. The van der Waals surface area contributed by atoms with Gasteiger partial charge in [-0.25, -0.2) is 4.79 Å². The molecule has 1 aliphatic heterocycles. The first-order chi connectivity index (χ1) is 18.9. The van der Waals surface area contributed by atoms with Gasteiger partial charge in [0.2, 0.25) is 11.8 Å². The van der Waals surface area contributed by atoms with Crippen molar-refractivity contribution >= 4 is 23.9 Å². The molecule has 0 spiro atoms. The van der Waals surface area contributed by atoms with Crippen molar-refractivity contribution in [2.24, 2.45) is 0 Å². The van der Waals surface area contributed by atoms with Gasteiger partial charge in [0.1, 0.15) is 23.1 Å². The third-order valence-electron chi connectivity index (χ3n) is 6.39. The number of carbonyl (C=O) groups excluding carboxylic acids is 4. The molecule has 1 fully saturated rings. The van der Waals surface area contributed by atoms with E-state index in [4.69, 9.17) is 9.47 Å². The molecular weight excluding hydrogens is 514 g/mol.